The molecule has 0 spiro atoms. The fraction of sp³-hybridized carbons (Fsp3) is 0.759. The second-order valence-electron chi connectivity index (χ2n) is 16.7. The average molecular weight is 839 g/mol. The van der Waals surface area contributed by atoms with Crippen LogP contribution in [0.5, 0.6) is 0 Å². The number of ether oxygens (including phenoxy) is 3. The summed E-state index contributed by atoms with van der Waals surface area (Å²) in [4.78, 5) is 37.9. The minimum absolute atomic E-state index is 0.0886. The molecule has 0 aliphatic rings. The highest BCUT2D eigenvalue weighted by molar-refractivity contribution is 5.71. The predicted molar refractivity (Wildman–Crippen MR) is 256 cm³/mol. The maximum Gasteiger partial charge on any atom is 0.306 e. The first-order valence-electron chi connectivity index (χ1n) is 25.3. The summed E-state index contributed by atoms with van der Waals surface area (Å²) in [7, 11) is 0. The fourth-order valence-corrected chi connectivity index (χ4v) is 7.01. The van der Waals surface area contributed by atoms with Crippen molar-refractivity contribution in [3.8, 4) is 0 Å². The molecular formula is C54H94O6. The molecule has 0 fully saturated rings. The monoisotopic (exact) mass is 839 g/mol. The van der Waals surface area contributed by atoms with E-state index in [1.54, 1.807) is 0 Å². The molecule has 0 N–H and O–H groups in total. The van der Waals surface area contributed by atoms with Gasteiger partial charge in [0.2, 0.25) is 0 Å². The lowest BCUT2D eigenvalue weighted by Crippen LogP contribution is -2.30. The molecule has 6 nitrogen and oxygen atoms in total. The molecule has 0 rings (SSSR count). The zero-order chi connectivity index (χ0) is 43.7. The molecule has 1 atom stereocenters. The number of carbonyl (C=O) groups excluding carboxylic acids is 3. The Morgan fingerprint density at radius 2 is 0.650 bits per heavy atom. The van der Waals surface area contributed by atoms with E-state index in [9.17, 15) is 14.4 Å². The quantitative estimate of drug-likeness (QED) is 0.0263. The molecule has 0 aromatic heterocycles. The van der Waals surface area contributed by atoms with E-state index in [0.29, 0.717) is 19.3 Å². The van der Waals surface area contributed by atoms with Gasteiger partial charge in [0.25, 0.3) is 0 Å². The number of carbonyl (C=O) groups is 3. The number of hydrogen-bond donors (Lipinski definition) is 0. The molecular weight excluding hydrogens is 745 g/mol. The van der Waals surface area contributed by atoms with Gasteiger partial charge in [0.1, 0.15) is 13.2 Å². The molecule has 60 heavy (non-hydrogen) atoms. The maximum atomic E-state index is 12.8. The summed E-state index contributed by atoms with van der Waals surface area (Å²) < 4.78 is 16.7. The van der Waals surface area contributed by atoms with Crippen molar-refractivity contribution in [1.82, 2.24) is 0 Å². The molecule has 0 heterocycles. The normalized spacial score (nSPS) is 12.5. The van der Waals surface area contributed by atoms with Crippen LogP contribution in [0.15, 0.2) is 60.8 Å². The Bertz CT molecular complexity index is 1100. The molecule has 0 aromatic carbocycles. The first-order chi connectivity index (χ1) is 29.5. The summed E-state index contributed by atoms with van der Waals surface area (Å²) in [6, 6.07) is 0. The Morgan fingerprint density at radius 1 is 0.350 bits per heavy atom. The SMILES string of the molecule is CC/C=C\C/C=C\C/C=C\C/C=C\C/C=C\CCCC(=O)OC[C@@H](COC(=O)CCCCCCCCCCCCC)OC(=O)CCCCCCCCCCCCCCCC. The summed E-state index contributed by atoms with van der Waals surface area (Å²) in [6.45, 7) is 6.48. The molecule has 6 heteroatoms. The number of rotatable bonds is 45. The first-order valence-corrected chi connectivity index (χ1v) is 25.3. The standard InChI is InChI=1S/C54H94O6/c1-4-7-10-13-16-19-22-24-26-27-28-30-32-35-38-41-44-47-53(56)59-50-51(49-58-52(55)46-43-40-37-34-31-21-18-15-12-9-6-3)60-54(57)48-45-42-39-36-33-29-25-23-20-17-14-11-8-5-2/h7,10,16,19,24,26,28,30,35,38,51H,4-6,8-9,11-15,17-18,20-23,25,27,29,31-34,36-37,39-50H2,1-3H3/b10-7-,19-16-,26-24-,30-28-,38-35-/t51-/m1/s1. The second kappa shape index (κ2) is 48.8. The zero-order valence-corrected chi connectivity index (χ0v) is 39.5. The number of allylic oxidation sites excluding steroid dienone is 10. The van der Waals surface area contributed by atoms with E-state index >= 15 is 0 Å². The third kappa shape index (κ3) is 46.2. The largest absolute Gasteiger partial charge is 0.462 e. The third-order valence-corrected chi connectivity index (χ3v) is 10.8. The van der Waals surface area contributed by atoms with Crippen molar-refractivity contribution < 1.29 is 28.6 Å². The van der Waals surface area contributed by atoms with Gasteiger partial charge in [-0.2, -0.15) is 0 Å². The molecule has 0 amide bonds. The molecule has 0 saturated carbocycles. The maximum absolute atomic E-state index is 12.8. The lowest BCUT2D eigenvalue weighted by molar-refractivity contribution is -0.167. The van der Waals surface area contributed by atoms with E-state index < -0.39 is 6.10 Å². The minimum Gasteiger partial charge on any atom is -0.462 e. The van der Waals surface area contributed by atoms with Crippen LogP contribution in [-0.2, 0) is 28.6 Å². The molecule has 0 bridgehead atoms. The summed E-state index contributed by atoms with van der Waals surface area (Å²) in [6.07, 6.45) is 59.2. The first kappa shape index (κ1) is 57.1. The molecule has 0 aliphatic carbocycles. The van der Waals surface area contributed by atoms with Crippen LogP contribution in [0.2, 0.25) is 0 Å². The van der Waals surface area contributed by atoms with Crippen molar-refractivity contribution in [1.29, 1.82) is 0 Å². The van der Waals surface area contributed by atoms with Crippen molar-refractivity contribution in [2.75, 3.05) is 13.2 Å². The van der Waals surface area contributed by atoms with Crippen LogP contribution in [0.4, 0.5) is 0 Å². The van der Waals surface area contributed by atoms with Gasteiger partial charge in [-0.1, -0.05) is 229 Å². The molecule has 346 valence electrons. The molecule has 0 unspecified atom stereocenters. The zero-order valence-electron chi connectivity index (χ0n) is 39.5. The highest BCUT2D eigenvalue weighted by Gasteiger charge is 2.19. The summed E-state index contributed by atoms with van der Waals surface area (Å²) in [5.74, 6) is -0.945. The van der Waals surface area contributed by atoms with Crippen LogP contribution in [0.25, 0.3) is 0 Å². The third-order valence-electron chi connectivity index (χ3n) is 10.8. The molecule has 0 aliphatic heterocycles. The van der Waals surface area contributed by atoms with Gasteiger partial charge in [-0.25, -0.2) is 0 Å². The van der Waals surface area contributed by atoms with Gasteiger partial charge >= 0.3 is 17.9 Å². The lowest BCUT2D eigenvalue weighted by atomic mass is 10.0. The highest BCUT2D eigenvalue weighted by Crippen LogP contribution is 2.15. The van der Waals surface area contributed by atoms with Crippen LogP contribution in [0, 0.1) is 0 Å². The number of unbranched alkanes of at least 4 members (excludes halogenated alkanes) is 24. The topological polar surface area (TPSA) is 78.9 Å². The lowest BCUT2D eigenvalue weighted by Gasteiger charge is -2.18. The van der Waals surface area contributed by atoms with Crippen LogP contribution in [0.1, 0.15) is 245 Å². The molecule has 0 radical (unpaired) electrons. The van der Waals surface area contributed by atoms with E-state index in [4.69, 9.17) is 14.2 Å². The number of hydrogen-bond acceptors (Lipinski definition) is 6. The van der Waals surface area contributed by atoms with E-state index in [1.807, 2.05) is 0 Å². The van der Waals surface area contributed by atoms with E-state index in [1.165, 1.54) is 122 Å². The van der Waals surface area contributed by atoms with Gasteiger partial charge in [-0.05, 0) is 57.8 Å². The Morgan fingerprint density at radius 3 is 1.02 bits per heavy atom. The van der Waals surface area contributed by atoms with Crippen LogP contribution < -0.4 is 0 Å². The Kier molecular flexibility index (Phi) is 46.4. The molecule has 0 aromatic rings. The summed E-state index contributed by atoms with van der Waals surface area (Å²) >= 11 is 0. The van der Waals surface area contributed by atoms with Crippen molar-refractivity contribution in [3.05, 3.63) is 60.8 Å². The predicted octanol–water partition coefficient (Wildman–Crippen LogP) is 16.5. The van der Waals surface area contributed by atoms with Crippen LogP contribution >= 0.6 is 0 Å². The number of esters is 3. The van der Waals surface area contributed by atoms with Crippen LogP contribution in [-0.4, -0.2) is 37.2 Å². The smallest absolute Gasteiger partial charge is 0.306 e. The Hall–Kier alpha value is -2.89. The molecule has 0 saturated heterocycles. The summed E-state index contributed by atoms with van der Waals surface area (Å²) in [5, 5.41) is 0. The van der Waals surface area contributed by atoms with Gasteiger partial charge < -0.3 is 14.2 Å². The van der Waals surface area contributed by atoms with Crippen molar-refractivity contribution in [2.24, 2.45) is 0 Å². The minimum atomic E-state index is -0.791. The van der Waals surface area contributed by atoms with Crippen LogP contribution in [0.3, 0.4) is 0 Å². The van der Waals surface area contributed by atoms with Gasteiger partial charge in [0.05, 0.1) is 0 Å². The Labute approximate surface area is 370 Å². The van der Waals surface area contributed by atoms with Crippen molar-refractivity contribution >= 4 is 17.9 Å². The second-order valence-corrected chi connectivity index (χ2v) is 16.7. The van der Waals surface area contributed by atoms with Gasteiger partial charge in [0.15, 0.2) is 6.10 Å². The highest BCUT2D eigenvalue weighted by atomic mass is 16.6. The Balaban J connectivity index is 4.44. The average Bonchev–Trinajstić information content (AvgIpc) is 3.24. The van der Waals surface area contributed by atoms with Gasteiger partial charge in [-0.15, -0.1) is 0 Å². The summed E-state index contributed by atoms with van der Waals surface area (Å²) in [5.41, 5.74) is 0. The van der Waals surface area contributed by atoms with E-state index in [2.05, 4.69) is 81.5 Å². The fourth-order valence-electron chi connectivity index (χ4n) is 7.01. The van der Waals surface area contributed by atoms with E-state index in [-0.39, 0.29) is 37.5 Å². The van der Waals surface area contributed by atoms with Crippen molar-refractivity contribution in [3.63, 3.8) is 0 Å². The van der Waals surface area contributed by atoms with E-state index in [0.717, 1.165) is 77.0 Å². The van der Waals surface area contributed by atoms with Crippen molar-refractivity contribution in [2.45, 2.75) is 252 Å². The van der Waals surface area contributed by atoms with Gasteiger partial charge in [0, 0.05) is 19.3 Å². The van der Waals surface area contributed by atoms with Gasteiger partial charge in [-0.3, -0.25) is 14.4 Å².